The van der Waals surface area contributed by atoms with Crippen molar-refractivity contribution in [2.45, 2.75) is 26.3 Å². The highest BCUT2D eigenvalue weighted by Crippen LogP contribution is 2.29. The summed E-state index contributed by atoms with van der Waals surface area (Å²) in [7, 11) is 0. The fraction of sp³-hybridized carbons (Fsp3) is 0.400. The highest BCUT2D eigenvalue weighted by Gasteiger charge is 2.16. The number of nitrogens with zero attached hydrogens (tertiary/aromatic N) is 2. The molecule has 3 heterocycles. The van der Waals surface area contributed by atoms with Crippen molar-refractivity contribution in [3.05, 3.63) is 38.6 Å². The Hall–Kier alpha value is -1.07. The molecule has 0 amide bonds. The molecule has 0 radical (unpaired) electrons. The lowest BCUT2D eigenvalue weighted by atomic mass is 10.3. The van der Waals surface area contributed by atoms with Crippen LogP contribution in [0.2, 0.25) is 0 Å². The highest BCUT2D eigenvalue weighted by molar-refractivity contribution is 9.10. The van der Waals surface area contributed by atoms with E-state index in [1.165, 1.54) is 27.1 Å². The van der Waals surface area contributed by atoms with Gasteiger partial charge in [0.25, 0.3) is 0 Å². The van der Waals surface area contributed by atoms with Gasteiger partial charge in [-0.3, -0.25) is 0 Å². The Bertz CT molecular complexity index is 571. The van der Waals surface area contributed by atoms with E-state index in [2.05, 4.69) is 50.2 Å². The first-order chi connectivity index (χ1) is 9.74. The number of hydrogen-bond donors (Lipinski definition) is 1. The van der Waals surface area contributed by atoms with Crippen molar-refractivity contribution in [3.8, 4) is 0 Å². The summed E-state index contributed by atoms with van der Waals surface area (Å²) in [5.74, 6) is 1.09. The van der Waals surface area contributed by atoms with Crippen LogP contribution in [-0.4, -0.2) is 18.1 Å². The van der Waals surface area contributed by atoms with Gasteiger partial charge in [0.1, 0.15) is 0 Å². The Morgan fingerprint density at radius 2 is 2.20 bits per heavy atom. The molecule has 1 fully saturated rings. The van der Waals surface area contributed by atoms with Crippen LogP contribution in [0.4, 0.5) is 11.5 Å². The van der Waals surface area contributed by atoms with Gasteiger partial charge < -0.3 is 10.2 Å². The Kier molecular flexibility index (Phi) is 4.27. The third-order valence-electron chi connectivity index (χ3n) is 3.55. The molecule has 2 aromatic rings. The molecule has 0 aromatic carbocycles. The maximum absolute atomic E-state index is 4.55. The van der Waals surface area contributed by atoms with Crippen molar-refractivity contribution < 1.29 is 0 Å². The smallest absolute Gasteiger partial charge is 0.151 e. The van der Waals surface area contributed by atoms with Crippen LogP contribution < -0.4 is 10.2 Å². The van der Waals surface area contributed by atoms with Crippen molar-refractivity contribution in [2.75, 3.05) is 23.3 Å². The SMILES string of the molecule is Cc1sc(CNc2cccnc2N2CCCC2)cc1Br. The molecule has 0 bridgehead atoms. The van der Waals surface area contributed by atoms with Crippen LogP contribution in [0.1, 0.15) is 22.6 Å². The lowest BCUT2D eigenvalue weighted by molar-refractivity contribution is 0.935. The molecule has 0 aliphatic carbocycles. The predicted molar refractivity (Wildman–Crippen MR) is 89.8 cm³/mol. The van der Waals surface area contributed by atoms with Crippen molar-refractivity contribution in [1.29, 1.82) is 0 Å². The predicted octanol–water partition coefficient (Wildman–Crippen LogP) is 4.43. The van der Waals surface area contributed by atoms with Crippen LogP contribution in [0.25, 0.3) is 0 Å². The molecule has 2 aromatic heterocycles. The summed E-state index contributed by atoms with van der Waals surface area (Å²) in [5, 5.41) is 3.53. The molecule has 0 unspecified atom stereocenters. The third kappa shape index (κ3) is 2.99. The van der Waals surface area contributed by atoms with E-state index in [0.29, 0.717) is 0 Å². The largest absolute Gasteiger partial charge is 0.377 e. The number of hydrogen-bond acceptors (Lipinski definition) is 4. The van der Waals surface area contributed by atoms with Gasteiger partial charge >= 0.3 is 0 Å². The fourth-order valence-electron chi connectivity index (χ4n) is 2.50. The van der Waals surface area contributed by atoms with Crippen LogP contribution in [-0.2, 0) is 6.54 Å². The minimum Gasteiger partial charge on any atom is -0.377 e. The fourth-order valence-corrected chi connectivity index (χ4v) is 4.04. The Morgan fingerprint density at radius 3 is 2.90 bits per heavy atom. The molecule has 0 saturated carbocycles. The molecular weight excluding hydrogens is 334 g/mol. The number of aryl methyl sites for hydroxylation is 1. The van der Waals surface area contributed by atoms with Gasteiger partial charge in [0, 0.05) is 40.1 Å². The van der Waals surface area contributed by atoms with Gasteiger partial charge in [-0.2, -0.15) is 0 Å². The number of anilines is 2. The Morgan fingerprint density at radius 1 is 1.40 bits per heavy atom. The lowest BCUT2D eigenvalue weighted by Crippen LogP contribution is -2.20. The number of nitrogens with one attached hydrogen (secondary N) is 1. The van der Waals surface area contributed by atoms with Gasteiger partial charge in [-0.15, -0.1) is 11.3 Å². The summed E-state index contributed by atoms with van der Waals surface area (Å²) in [6, 6.07) is 6.31. The van der Waals surface area contributed by atoms with Crippen molar-refractivity contribution in [3.63, 3.8) is 0 Å². The molecule has 1 aliphatic heterocycles. The monoisotopic (exact) mass is 351 g/mol. The minimum atomic E-state index is 0.851. The van der Waals surface area contributed by atoms with Gasteiger partial charge in [-0.25, -0.2) is 4.98 Å². The second kappa shape index (κ2) is 6.14. The average Bonchev–Trinajstić information content (AvgIpc) is 3.08. The van der Waals surface area contributed by atoms with Gasteiger partial charge in [0.15, 0.2) is 5.82 Å². The van der Waals surface area contributed by atoms with Gasteiger partial charge in [0.05, 0.1) is 5.69 Å². The molecule has 1 aliphatic rings. The van der Waals surface area contributed by atoms with E-state index in [1.54, 1.807) is 0 Å². The van der Waals surface area contributed by atoms with Crippen molar-refractivity contribution >= 4 is 38.8 Å². The molecular formula is C15H18BrN3S. The van der Waals surface area contributed by atoms with Gasteiger partial charge in [-0.05, 0) is 53.9 Å². The first kappa shape index (κ1) is 13.9. The standard InChI is InChI=1S/C15H18BrN3S/c1-11-13(16)9-12(20-11)10-18-14-5-4-6-17-15(14)19-7-2-3-8-19/h4-6,9,18H,2-3,7-8,10H2,1H3. The van der Waals surface area contributed by atoms with E-state index in [9.17, 15) is 0 Å². The molecule has 1 N–H and O–H groups in total. The second-order valence-electron chi connectivity index (χ2n) is 5.04. The topological polar surface area (TPSA) is 28.2 Å². The molecule has 106 valence electrons. The van der Waals surface area contributed by atoms with Gasteiger partial charge in [0.2, 0.25) is 0 Å². The quantitative estimate of drug-likeness (QED) is 0.883. The number of aromatic nitrogens is 1. The van der Waals surface area contributed by atoms with E-state index in [-0.39, 0.29) is 0 Å². The van der Waals surface area contributed by atoms with Gasteiger partial charge in [-0.1, -0.05) is 0 Å². The van der Waals surface area contributed by atoms with Crippen molar-refractivity contribution in [2.24, 2.45) is 0 Å². The summed E-state index contributed by atoms with van der Waals surface area (Å²) in [4.78, 5) is 9.59. The van der Waals surface area contributed by atoms with Crippen LogP contribution in [0.15, 0.2) is 28.9 Å². The Labute approximate surface area is 132 Å². The average molecular weight is 352 g/mol. The van der Waals surface area contributed by atoms with Crippen LogP contribution in [0, 0.1) is 6.92 Å². The highest BCUT2D eigenvalue weighted by atomic mass is 79.9. The zero-order valence-electron chi connectivity index (χ0n) is 11.5. The molecule has 1 saturated heterocycles. The minimum absolute atomic E-state index is 0.851. The second-order valence-corrected chi connectivity index (χ2v) is 7.23. The maximum atomic E-state index is 4.55. The number of halogens is 1. The van der Waals surface area contributed by atoms with E-state index in [0.717, 1.165) is 31.1 Å². The van der Waals surface area contributed by atoms with E-state index in [1.807, 2.05) is 23.6 Å². The Balaban J connectivity index is 1.73. The van der Waals surface area contributed by atoms with Crippen LogP contribution >= 0.6 is 27.3 Å². The number of pyridine rings is 1. The summed E-state index contributed by atoms with van der Waals surface area (Å²) in [5.41, 5.74) is 1.14. The van der Waals surface area contributed by atoms with Crippen LogP contribution in [0.5, 0.6) is 0 Å². The molecule has 0 atom stereocenters. The molecule has 3 rings (SSSR count). The first-order valence-electron chi connectivity index (χ1n) is 6.92. The summed E-state index contributed by atoms with van der Waals surface area (Å²) in [6.45, 7) is 5.23. The molecule has 3 nitrogen and oxygen atoms in total. The molecule has 0 spiro atoms. The van der Waals surface area contributed by atoms with Crippen molar-refractivity contribution in [1.82, 2.24) is 4.98 Å². The zero-order valence-corrected chi connectivity index (χ0v) is 13.9. The van der Waals surface area contributed by atoms with E-state index >= 15 is 0 Å². The summed E-state index contributed by atoms with van der Waals surface area (Å²) >= 11 is 5.40. The number of rotatable bonds is 4. The molecule has 20 heavy (non-hydrogen) atoms. The zero-order chi connectivity index (χ0) is 13.9. The summed E-state index contributed by atoms with van der Waals surface area (Å²) < 4.78 is 1.20. The normalized spacial score (nSPS) is 14.8. The van der Waals surface area contributed by atoms with E-state index in [4.69, 9.17) is 0 Å². The van der Waals surface area contributed by atoms with Crippen LogP contribution in [0.3, 0.4) is 0 Å². The summed E-state index contributed by atoms with van der Waals surface area (Å²) in [6.07, 6.45) is 4.42. The maximum Gasteiger partial charge on any atom is 0.151 e. The molecule has 5 heteroatoms. The lowest BCUT2D eigenvalue weighted by Gasteiger charge is -2.20. The first-order valence-corrected chi connectivity index (χ1v) is 8.53. The van der Waals surface area contributed by atoms with E-state index < -0.39 is 0 Å². The third-order valence-corrected chi connectivity index (χ3v) is 5.69. The number of thiophene rings is 1.